The first-order valence-electron chi connectivity index (χ1n) is 6.28. The number of Topliss-reactive ketones (excluding diaryl/α,β-unsaturated/α-hetero) is 1. The van der Waals surface area contributed by atoms with Crippen molar-refractivity contribution in [2.45, 2.75) is 20.0 Å². The molecule has 0 fully saturated rings. The van der Waals surface area contributed by atoms with Gasteiger partial charge in [0.1, 0.15) is 11.6 Å². The number of benzene rings is 1. The number of rotatable bonds is 3. The highest BCUT2D eigenvalue weighted by Crippen LogP contribution is 2.32. The number of hydrogen-bond donors (Lipinski definition) is 0. The van der Waals surface area contributed by atoms with Gasteiger partial charge in [-0.15, -0.1) is 0 Å². The Morgan fingerprint density at radius 3 is 2.85 bits per heavy atom. The van der Waals surface area contributed by atoms with Crippen molar-refractivity contribution in [3.63, 3.8) is 0 Å². The number of aromatic nitrogens is 2. The van der Waals surface area contributed by atoms with Gasteiger partial charge in [-0.2, -0.15) is 0 Å². The van der Waals surface area contributed by atoms with Gasteiger partial charge in [-0.05, 0) is 19.1 Å². The van der Waals surface area contributed by atoms with Crippen LogP contribution in [0.25, 0.3) is 0 Å². The molecule has 0 atom stereocenters. The van der Waals surface area contributed by atoms with E-state index in [0.717, 1.165) is 4.90 Å². The quantitative estimate of drug-likeness (QED) is 0.801. The Morgan fingerprint density at radius 2 is 2.10 bits per heavy atom. The lowest BCUT2D eigenvalue weighted by molar-refractivity contribution is -0.114. The number of hydrogen-bond acceptors (Lipinski definition) is 3. The highest BCUT2D eigenvalue weighted by atomic mass is 19.1. The molecule has 1 amide bonds. The number of carbonyl (C=O) groups excluding carboxylic acids is 2. The van der Waals surface area contributed by atoms with Crippen molar-refractivity contribution in [3.05, 3.63) is 47.8 Å². The average molecular weight is 273 g/mol. The standard InChI is InChI=1S/C14H12FN3O2/c1-2-17-7-6-16-11(17)8-18-12-9(13(19)14(18)20)4-3-5-10(12)15/h3-7H,2,8H2,1H3. The number of imidazole rings is 1. The Morgan fingerprint density at radius 1 is 1.30 bits per heavy atom. The van der Waals surface area contributed by atoms with Crippen molar-refractivity contribution in [1.82, 2.24) is 9.55 Å². The van der Waals surface area contributed by atoms with Crippen LogP contribution >= 0.6 is 0 Å². The summed E-state index contributed by atoms with van der Waals surface area (Å²) in [6.07, 6.45) is 3.39. The molecular formula is C14H12FN3O2. The smallest absolute Gasteiger partial charge is 0.299 e. The van der Waals surface area contributed by atoms with E-state index in [9.17, 15) is 14.0 Å². The van der Waals surface area contributed by atoms with Crippen LogP contribution in [0.15, 0.2) is 30.6 Å². The van der Waals surface area contributed by atoms with Crippen molar-refractivity contribution in [2.24, 2.45) is 0 Å². The van der Waals surface area contributed by atoms with Crippen molar-refractivity contribution in [1.29, 1.82) is 0 Å². The highest BCUT2D eigenvalue weighted by Gasteiger charge is 2.38. The van der Waals surface area contributed by atoms with Crippen LogP contribution in [-0.4, -0.2) is 21.2 Å². The minimum Gasteiger partial charge on any atom is -0.334 e. The molecule has 0 radical (unpaired) electrons. The Hall–Kier alpha value is -2.50. The molecule has 0 saturated heterocycles. The molecule has 6 heteroatoms. The summed E-state index contributed by atoms with van der Waals surface area (Å²) in [6.45, 7) is 2.71. The summed E-state index contributed by atoms with van der Waals surface area (Å²) in [5.41, 5.74) is 0.165. The molecular weight excluding hydrogens is 261 g/mol. The fourth-order valence-corrected chi connectivity index (χ4v) is 2.38. The van der Waals surface area contributed by atoms with E-state index in [1.165, 1.54) is 18.2 Å². The van der Waals surface area contributed by atoms with Gasteiger partial charge >= 0.3 is 0 Å². The van der Waals surface area contributed by atoms with Gasteiger partial charge in [0.05, 0.1) is 17.8 Å². The van der Waals surface area contributed by atoms with E-state index in [4.69, 9.17) is 0 Å². The van der Waals surface area contributed by atoms with Crippen molar-refractivity contribution < 1.29 is 14.0 Å². The van der Waals surface area contributed by atoms with Gasteiger partial charge in [-0.25, -0.2) is 9.37 Å². The normalized spacial score (nSPS) is 14.0. The Kier molecular flexibility index (Phi) is 2.85. The van der Waals surface area contributed by atoms with E-state index in [1.807, 2.05) is 11.5 Å². The van der Waals surface area contributed by atoms with E-state index >= 15 is 0 Å². The number of carbonyl (C=O) groups is 2. The fourth-order valence-electron chi connectivity index (χ4n) is 2.38. The lowest BCUT2D eigenvalue weighted by Crippen LogP contribution is -2.30. The third-order valence-corrected chi connectivity index (χ3v) is 3.38. The maximum atomic E-state index is 13.9. The molecule has 2 aromatic rings. The topological polar surface area (TPSA) is 55.2 Å². The lowest BCUT2D eigenvalue weighted by atomic mass is 10.1. The molecule has 0 aliphatic carbocycles. The predicted octanol–water partition coefficient (Wildman–Crippen LogP) is 1.77. The Balaban J connectivity index is 2.03. The summed E-state index contributed by atoms with van der Waals surface area (Å²) in [5.74, 6) is -1.34. The molecule has 2 heterocycles. The van der Waals surface area contributed by atoms with Gasteiger partial charge in [0, 0.05) is 18.9 Å². The van der Waals surface area contributed by atoms with E-state index in [0.29, 0.717) is 12.4 Å². The summed E-state index contributed by atoms with van der Waals surface area (Å²) < 4.78 is 15.8. The van der Waals surface area contributed by atoms with Gasteiger partial charge < -0.3 is 4.57 Å². The fraction of sp³-hybridized carbons (Fsp3) is 0.214. The minimum atomic E-state index is -0.712. The van der Waals surface area contributed by atoms with Gasteiger partial charge in [0.2, 0.25) is 0 Å². The van der Waals surface area contributed by atoms with Gasteiger partial charge in [0.15, 0.2) is 0 Å². The minimum absolute atomic E-state index is 0.0492. The van der Waals surface area contributed by atoms with Crippen LogP contribution in [0.5, 0.6) is 0 Å². The Bertz CT molecular complexity index is 708. The second-order valence-corrected chi connectivity index (χ2v) is 4.49. The zero-order valence-corrected chi connectivity index (χ0v) is 10.8. The van der Waals surface area contributed by atoms with Crippen LogP contribution in [-0.2, 0) is 17.9 Å². The summed E-state index contributed by atoms with van der Waals surface area (Å²) in [7, 11) is 0. The third-order valence-electron chi connectivity index (χ3n) is 3.38. The molecule has 0 bridgehead atoms. The van der Waals surface area contributed by atoms with Crippen LogP contribution in [0, 0.1) is 5.82 Å². The van der Waals surface area contributed by atoms with Crippen LogP contribution in [0.3, 0.4) is 0 Å². The number of para-hydroxylation sites is 1. The number of anilines is 1. The van der Waals surface area contributed by atoms with Crippen LogP contribution in [0.2, 0.25) is 0 Å². The first kappa shape index (κ1) is 12.5. The second-order valence-electron chi connectivity index (χ2n) is 4.49. The molecule has 1 aliphatic rings. The summed E-state index contributed by atoms with van der Waals surface area (Å²) in [6, 6.07) is 4.13. The second kappa shape index (κ2) is 4.56. The molecule has 1 aromatic carbocycles. The SMILES string of the molecule is CCn1ccnc1CN1C(=O)C(=O)c2cccc(F)c21. The van der Waals surface area contributed by atoms with Crippen molar-refractivity contribution in [2.75, 3.05) is 4.90 Å². The maximum Gasteiger partial charge on any atom is 0.299 e. The molecule has 5 nitrogen and oxygen atoms in total. The molecule has 102 valence electrons. The first-order valence-corrected chi connectivity index (χ1v) is 6.28. The van der Waals surface area contributed by atoms with Gasteiger partial charge in [0.25, 0.3) is 11.7 Å². The maximum absolute atomic E-state index is 13.9. The first-order chi connectivity index (χ1) is 9.63. The molecule has 0 unspecified atom stereocenters. The summed E-state index contributed by atoms with van der Waals surface area (Å²) in [4.78, 5) is 29.2. The number of aryl methyl sites for hydroxylation is 1. The lowest BCUT2D eigenvalue weighted by Gasteiger charge is -2.17. The zero-order valence-electron chi connectivity index (χ0n) is 10.8. The predicted molar refractivity (Wildman–Crippen MR) is 69.8 cm³/mol. The molecule has 0 saturated carbocycles. The number of ketones is 1. The zero-order chi connectivity index (χ0) is 14.3. The molecule has 1 aliphatic heterocycles. The van der Waals surface area contributed by atoms with Crippen molar-refractivity contribution >= 4 is 17.4 Å². The van der Waals surface area contributed by atoms with Crippen LogP contribution in [0.4, 0.5) is 10.1 Å². The number of halogens is 1. The molecule has 20 heavy (non-hydrogen) atoms. The summed E-state index contributed by atoms with van der Waals surface area (Å²) in [5, 5.41) is 0. The molecule has 0 spiro atoms. The van der Waals surface area contributed by atoms with Crippen LogP contribution < -0.4 is 4.90 Å². The molecule has 3 rings (SSSR count). The average Bonchev–Trinajstić information content (AvgIpc) is 2.99. The van der Waals surface area contributed by atoms with E-state index in [2.05, 4.69) is 4.98 Å². The van der Waals surface area contributed by atoms with E-state index < -0.39 is 17.5 Å². The van der Waals surface area contributed by atoms with Crippen LogP contribution in [0.1, 0.15) is 23.1 Å². The molecule has 1 aromatic heterocycles. The van der Waals surface area contributed by atoms with E-state index in [1.54, 1.807) is 12.4 Å². The summed E-state index contributed by atoms with van der Waals surface area (Å²) >= 11 is 0. The highest BCUT2D eigenvalue weighted by molar-refractivity contribution is 6.52. The molecule has 0 N–H and O–H groups in total. The van der Waals surface area contributed by atoms with Gasteiger partial charge in [-0.1, -0.05) is 6.07 Å². The largest absolute Gasteiger partial charge is 0.334 e. The third kappa shape index (κ3) is 1.72. The van der Waals surface area contributed by atoms with Gasteiger partial charge in [-0.3, -0.25) is 14.5 Å². The van der Waals surface area contributed by atoms with Crippen molar-refractivity contribution in [3.8, 4) is 0 Å². The Labute approximate surface area is 114 Å². The number of fused-ring (bicyclic) bond motifs is 1. The number of nitrogens with zero attached hydrogens (tertiary/aromatic N) is 3. The van der Waals surface area contributed by atoms with E-state index in [-0.39, 0.29) is 17.8 Å². The number of amides is 1. The monoisotopic (exact) mass is 273 g/mol.